The van der Waals surface area contributed by atoms with Crippen LogP contribution < -0.4 is 5.56 Å². The molecule has 4 aromatic rings. The number of carbonyl (C=O) groups excluding carboxylic acids is 1. The Morgan fingerprint density at radius 3 is 2.50 bits per heavy atom. The zero-order valence-electron chi connectivity index (χ0n) is 15.2. The SMILES string of the molecule is CCc1ccc(-c2csc3ncn(CC(=O)c4ccc(Br)cc4)c(=O)c23)cc1. The van der Waals surface area contributed by atoms with Gasteiger partial charge in [0.05, 0.1) is 18.3 Å². The van der Waals surface area contributed by atoms with Crippen molar-refractivity contribution in [3.05, 3.63) is 86.2 Å². The number of fused-ring (bicyclic) bond motifs is 1. The summed E-state index contributed by atoms with van der Waals surface area (Å²) in [5, 5.41) is 2.53. The van der Waals surface area contributed by atoms with Crippen LogP contribution in [-0.4, -0.2) is 15.3 Å². The van der Waals surface area contributed by atoms with Crippen molar-refractivity contribution in [2.45, 2.75) is 19.9 Å². The number of hydrogen-bond donors (Lipinski definition) is 0. The molecule has 0 saturated carbocycles. The number of aromatic nitrogens is 2. The molecule has 0 aliphatic carbocycles. The van der Waals surface area contributed by atoms with Crippen LogP contribution in [0.1, 0.15) is 22.8 Å². The van der Waals surface area contributed by atoms with Crippen LogP contribution in [0.5, 0.6) is 0 Å². The van der Waals surface area contributed by atoms with Crippen molar-refractivity contribution >= 4 is 43.3 Å². The fraction of sp³-hybridized carbons (Fsp3) is 0.136. The van der Waals surface area contributed by atoms with Crippen LogP contribution in [0.3, 0.4) is 0 Å². The standard InChI is InChI=1S/C22H17BrN2O2S/c1-2-14-3-5-15(6-4-14)18-12-28-21-20(18)22(27)25(13-24-21)11-19(26)16-7-9-17(23)10-8-16/h3-10,12-13H,2,11H2,1H3. The lowest BCUT2D eigenvalue weighted by molar-refractivity contribution is 0.0970. The molecule has 4 rings (SSSR count). The summed E-state index contributed by atoms with van der Waals surface area (Å²) in [6.07, 6.45) is 2.43. The molecule has 28 heavy (non-hydrogen) atoms. The van der Waals surface area contributed by atoms with Crippen molar-refractivity contribution in [3.63, 3.8) is 0 Å². The van der Waals surface area contributed by atoms with E-state index in [1.807, 2.05) is 29.6 Å². The maximum absolute atomic E-state index is 13.1. The van der Waals surface area contributed by atoms with Crippen LogP contribution >= 0.6 is 27.3 Å². The molecular weight excluding hydrogens is 436 g/mol. The van der Waals surface area contributed by atoms with Crippen LogP contribution in [0.2, 0.25) is 0 Å². The fourth-order valence-corrected chi connectivity index (χ4v) is 4.27. The van der Waals surface area contributed by atoms with Crippen molar-refractivity contribution in [1.82, 2.24) is 9.55 Å². The van der Waals surface area contributed by atoms with Gasteiger partial charge in [0, 0.05) is 21.0 Å². The predicted octanol–water partition coefficient (Wildman–Crippen LogP) is 5.33. The Bertz CT molecular complexity index is 1210. The molecule has 0 saturated heterocycles. The van der Waals surface area contributed by atoms with E-state index in [-0.39, 0.29) is 17.9 Å². The highest BCUT2D eigenvalue weighted by molar-refractivity contribution is 9.10. The molecule has 0 aliphatic heterocycles. The molecule has 0 spiro atoms. The second-order valence-electron chi connectivity index (χ2n) is 6.49. The second-order valence-corrected chi connectivity index (χ2v) is 8.26. The van der Waals surface area contributed by atoms with Gasteiger partial charge in [-0.15, -0.1) is 11.3 Å². The predicted molar refractivity (Wildman–Crippen MR) is 117 cm³/mol. The number of aryl methyl sites for hydroxylation is 1. The topological polar surface area (TPSA) is 52.0 Å². The molecule has 4 nitrogen and oxygen atoms in total. The van der Waals surface area contributed by atoms with Gasteiger partial charge in [-0.25, -0.2) is 4.98 Å². The van der Waals surface area contributed by atoms with E-state index in [9.17, 15) is 9.59 Å². The van der Waals surface area contributed by atoms with Gasteiger partial charge in [0.2, 0.25) is 0 Å². The van der Waals surface area contributed by atoms with Crippen molar-refractivity contribution in [3.8, 4) is 11.1 Å². The summed E-state index contributed by atoms with van der Waals surface area (Å²) < 4.78 is 2.30. The number of halogens is 1. The van der Waals surface area contributed by atoms with E-state index in [0.29, 0.717) is 15.8 Å². The van der Waals surface area contributed by atoms with Crippen LogP contribution in [0, 0.1) is 0 Å². The lowest BCUT2D eigenvalue weighted by Crippen LogP contribution is -2.24. The minimum Gasteiger partial charge on any atom is -0.292 e. The molecule has 0 atom stereocenters. The molecule has 0 N–H and O–H groups in total. The van der Waals surface area contributed by atoms with E-state index < -0.39 is 0 Å². The van der Waals surface area contributed by atoms with E-state index in [1.54, 1.807) is 12.1 Å². The number of thiophene rings is 1. The second kappa shape index (κ2) is 7.81. The Morgan fingerprint density at radius 1 is 1.11 bits per heavy atom. The van der Waals surface area contributed by atoms with E-state index in [2.05, 4.69) is 40.0 Å². The third-order valence-corrected chi connectivity index (χ3v) is 6.13. The minimum absolute atomic E-state index is 0.0343. The molecule has 0 radical (unpaired) electrons. The largest absolute Gasteiger partial charge is 0.292 e. The van der Waals surface area contributed by atoms with Crippen molar-refractivity contribution < 1.29 is 4.79 Å². The molecule has 2 heterocycles. The summed E-state index contributed by atoms with van der Waals surface area (Å²) in [4.78, 5) is 30.8. The maximum Gasteiger partial charge on any atom is 0.263 e. The lowest BCUT2D eigenvalue weighted by Gasteiger charge is -2.06. The Balaban J connectivity index is 1.72. The molecule has 0 amide bonds. The lowest BCUT2D eigenvalue weighted by atomic mass is 10.0. The summed E-state index contributed by atoms with van der Waals surface area (Å²) in [6, 6.07) is 15.3. The third-order valence-electron chi connectivity index (χ3n) is 4.71. The van der Waals surface area contributed by atoms with Gasteiger partial charge in [-0.1, -0.05) is 59.3 Å². The maximum atomic E-state index is 13.1. The van der Waals surface area contributed by atoms with Gasteiger partial charge in [0.25, 0.3) is 5.56 Å². The molecule has 0 fully saturated rings. The fourth-order valence-electron chi connectivity index (χ4n) is 3.09. The molecule has 2 aromatic heterocycles. The highest BCUT2D eigenvalue weighted by Crippen LogP contribution is 2.30. The first-order valence-corrected chi connectivity index (χ1v) is 10.6. The summed E-state index contributed by atoms with van der Waals surface area (Å²) in [5.74, 6) is -0.125. The molecule has 140 valence electrons. The first-order chi connectivity index (χ1) is 13.6. The van der Waals surface area contributed by atoms with Crippen LogP contribution in [0.15, 0.2) is 69.5 Å². The monoisotopic (exact) mass is 452 g/mol. The van der Waals surface area contributed by atoms with E-state index in [0.717, 1.165) is 22.0 Å². The van der Waals surface area contributed by atoms with Crippen molar-refractivity contribution in [2.24, 2.45) is 0 Å². The number of Topliss-reactive ketones (excluding diaryl/α,β-unsaturated/α-hetero) is 1. The van der Waals surface area contributed by atoms with Gasteiger partial charge in [-0.3, -0.25) is 14.2 Å². The normalized spacial score (nSPS) is 11.1. The summed E-state index contributed by atoms with van der Waals surface area (Å²) in [6.45, 7) is 2.08. The number of rotatable bonds is 5. The summed E-state index contributed by atoms with van der Waals surface area (Å²) in [7, 11) is 0. The van der Waals surface area contributed by atoms with Crippen molar-refractivity contribution in [2.75, 3.05) is 0 Å². The van der Waals surface area contributed by atoms with Gasteiger partial charge in [0.15, 0.2) is 5.78 Å². The average Bonchev–Trinajstić information content (AvgIpc) is 3.15. The number of carbonyl (C=O) groups is 1. The summed E-state index contributed by atoms with van der Waals surface area (Å²) in [5.41, 5.74) is 3.48. The first kappa shape index (κ1) is 18.8. The van der Waals surface area contributed by atoms with Gasteiger partial charge in [-0.05, 0) is 29.7 Å². The highest BCUT2D eigenvalue weighted by atomic mass is 79.9. The first-order valence-electron chi connectivity index (χ1n) is 8.91. The smallest absolute Gasteiger partial charge is 0.263 e. The Hall–Kier alpha value is -2.57. The van der Waals surface area contributed by atoms with Crippen LogP contribution in [0.25, 0.3) is 21.3 Å². The average molecular weight is 453 g/mol. The number of hydrogen-bond acceptors (Lipinski definition) is 4. The third kappa shape index (κ3) is 3.57. The van der Waals surface area contributed by atoms with E-state index in [4.69, 9.17) is 0 Å². The Kier molecular flexibility index (Phi) is 5.24. The molecule has 0 unspecified atom stereocenters. The highest BCUT2D eigenvalue weighted by Gasteiger charge is 2.15. The zero-order chi connectivity index (χ0) is 19.7. The van der Waals surface area contributed by atoms with Gasteiger partial charge in [-0.2, -0.15) is 0 Å². The molecule has 0 aliphatic rings. The summed E-state index contributed by atoms with van der Waals surface area (Å²) >= 11 is 4.80. The number of ketones is 1. The zero-order valence-corrected chi connectivity index (χ0v) is 17.6. The van der Waals surface area contributed by atoms with E-state index >= 15 is 0 Å². The molecule has 2 aromatic carbocycles. The number of nitrogens with zero attached hydrogens (tertiary/aromatic N) is 2. The van der Waals surface area contributed by atoms with Gasteiger partial charge < -0.3 is 0 Å². The van der Waals surface area contributed by atoms with Gasteiger partial charge in [0.1, 0.15) is 4.83 Å². The van der Waals surface area contributed by atoms with Crippen LogP contribution in [0.4, 0.5) is 0 Å². The number of benzene rings is 2. The Labute approximate surface area is 174 Å². The quantitative estimate of drug-likeness (QED) is 0.384. The van der Waals surface area contributed by atoms with Crippen LogP contribution in [-0.2, 0) is 13.0 Å². The molecular formula is C22H17BrN2O2S. The minimum atomic E-state index is -0.189. The Morgan fingerprint density at radius 2 is 1.82 bits per heavy atom. The molecule has 0 bridgehead atoms. The van der Waals surface area contributed by atoms with Gasteiger partial charge >= 0.3 is 0 Å². The van der Waals surface area contributed by atoms with E-state index in [1.165, 1.54) is 27.8 Å². The van der Waals surface area contributed by atoms with Crippen molar-refractivity contribution in [1.29, 1.82) is 0 Å². The molecule has 6 heteroatoms.